The minimum Gasteiger partial charge on any atom is -0.488 e. The van der Waals surface area contributed by atoms with Crippen molar-refractivity contribution in [3.8, 4) is 5.75 Å². The topological polar surface area (TPSA) is 44.5 Å². The van der Waals surface area contributed by atoms with Crippen molar-refractivity contribution in [2.45, 2.75) is 31.9 Å². The van der Waals surface area contributed by atoms with Gasteiger partial charge in [0.05, 0.1) is 6.10 Å². The van der Waals surface area contributed by atoms with Crippen molar-refractivity contribution in [2.24, 2.45) is 5.73 Å². The molecule has 0 saturated carbocycles. The van der Waals surface area contributed by atoms with E-state index in [1.807, 2.05) is 0 Å². The summed E-state index contributed by atoms with van der Waals surface area (Å²) in [6.45, 7) is 1.53. The highest BCUT2D eigenvalue weighted by atomic mass is 19.1. The second-order valence-corrected chi connectivity index (χ2v) is 4.27. The smallest absolute Gasteiger partial charge is 0.165 e. The molecule has 0 spiro atoms. The molecule has 1 aliphatic heterocycles. The van der Waals surface area contributed by atoms with Gasteiger partial charge in [0.25, 0.3) is 0 Å². The van der Waals surface area contributed by atoms with E-state index < -0.39 is 0 Å². The highest BCUT2D eigenvalue weighted by Crippen LogP contribution is 2.20. The lowest BCUT2D eigenvalue weighted by Crippen LogP contribution is -2.26. The molecule has 2 rings (SSSR count). The third kappa shape index (κ3) is 3.41. The lowest BCUT2D eigenvalue weighted by molar-refractivity contribution is -0.0117. The molecule has 0 bridgehead atoms. The van der Waals surface area contributed by atoms with Gasteiger partial charge in [-0.15, -0.1) is 0 Å². The van der Waals surface area contributed by atoms with E-state index in [-0.39, 0.29) is 17.7 Å². The molecular weight excluding hydrogens is 221 g/mol. The Hall–Kier alpha value is -1.13. The Labute approximate surface area is 101 Å². The zero-order valence-corrected chi connectivity index (χ0v) is 9.82. The summed E-state index contributed by atoms with van der Waals surface area (Å²) in [7, 11) is 0. The van der Waals surface area contributed by atoms with Crippen LogP contribution in [-0.2, 0) is 11.3 Å². The molecule has 0 aliphatic carbocycles. The van der Waals surface area contributed by atoms with Crippen molar-refractivity contribution in [1.82, 2.24) is 0 Å². The summed E-state index contributed by atoms with van der Waals surface area (Å²) < 4.78 is 24.5. The normalized spacial score (nSPS) is 20.2. The van der Waals surface area contributed by atoms with Crippen molar-refractivity contribution in [3.63, 3.8) is 0 Å². The van der Waals surface area contributed by atoms with Crippen molar-refractivity contribution in [2.75, 3.05) is 13.2 Å². The summed E-state index contributed by atoms with van der Waals surface area (Å²) in [6, 6.07) is 4.82. The Morgan fingerprint density at radius 3 is 2.94 bits per heavy atom. The Morgan fingerprint density at radius 2 is 2.29 bits per heavy atom. The SMILES string of the molecule is NCc1ccc(OCC2CCCCO2)c(F)c1. The Bertz CT molecular complexity index is 364. The van der Waals surface area contributed by atoms with Crippen LogP contribution in [0, 0.1) is 5.82 Å². The lowest BCUT2D eigenvalue weighted by atomic mass is 10.1. The molecule has 1 heterocycles. The molecule has 1 fully saturated rings. The van der Waals surface area contributed by atoms with Crippen LogP contribution < -0.4 is 10.5 Å². The number of benzene rings is 1. The van der Waals surface area contributed by atoms with Gasteiger partial charge in [0, 0.05) is 13.2 Å². The fourth-order valence-electron chi connectivity index (χ4n) is 1.91. The molecule has 1 aliphatic rings. The Kier molecular flexibility index (Phi) is 4.34. The maximum Gasteiger partial charge on any atom is 0.165 e. The summed E-state index contributed by atoms with van der Waals surface area (Å²) >= 11 is 0. The van der Waals surface area contributed by atoms with Crippen molar-refractivity contribution in [3.05, 3.63) is 29.6 Å². The van der Waals surface area contributed by atoms with E-state index in [1.54, 1.807) is 12.1 Å². The summed E-state index contributed by atoms with van der Waals surface area (Å²) in [5.74, 6) is -0.0832. The first-order valence-corrected chi connectivity index (χ1v) is 6.02. The van der Waals surface area contributed by atoms with Crippen LogP contribution in [0.1, 0.15) is 24.8 Å². The van der Waals surface area contributed by atoms with Crippen LogP contribution in [0.5, 0.6) is 5.75 Å². The molecule has 94 valence electrons. The van der Waals surface area contributed by atoms with E-state index in [0.29, 0.717) is 13.2 Å². The Morgan fingerprint density at radius 1 is 1.41 bits per heavy atom. The average molecular weight is 239 g/mol. The van der Waals surface area contributed by atoms with E-state index in [0.717, 1.165) is 31.4 Å². The van der Waals surface area contributed by atoms with Gasteiger partial charge in [0.15, 0.2) is 11.6 Å². The van der Waals surface area contributed by atoms with Gasteiger partial charge in [-0.1, -0.05) is 6.07 Å². The van der Waals surface area contributed by atoms with Crippen molar-refractivity contribution >= 4 is 0 Å². The van der Waals surface area contributed by atoms with Crippen LogP contribution in [0.15, 0.2) is 18.2 Å². The van der Waals surface area contributed by atoms with E-state index in [9.17, 15) is 4.39 Å². The van der Waals surface area contributed by atoms with Gasteiger partial charge < -0.3 is 15.2 Å². The summed E-state index contributed by atoms with van der Waals surface area (Å²) in [5.41, 5.74) is 6.20. The first-order valence-electron chi connectivity index (χ1n) is 6.02. The first kappa shape index (κ1) is 12.3. The zero-order valence-electron chi connectivity index (χ0n) is 9.82. The predicted octanol–water partition coefficient (Wildman–Crippen LogP) is 2.23. The van der Waals surface area contributed by atoms with Crippen LogP contribution in [0.25, 0.3) is 0 Å². The average Bonchev–Trinajstić information content (AvgIpc) is 2.38. The predicted molar refractivity (Wildman–Crippen MR) is 63.4 cm³/mol. The van der Waals surface area contributed by atoms with Crippen LogP contribution >= 0.6 is 0 Å². The van der Waals surface area contributed by atoms with Gasteiger partial charge >= 0.3 is 0 Å². The van der Waals surface area contributed by atoms with E-state index in [1.165, 1.54) is 6.07 Å². The van der Waals surface area contributed by atoms with Gasteiger partial charge in [-0.05, 0) is 37.0 Å². The maximum absolute atomic E-state index is 13.6. The molecule has 3 nitrogen and oxygen atoms in total. The fraction of sp³-hybridized carbons (Fsp3) is 0.538. The van der Waals surface area contributed by atoms with Crippen LogP contribution in [0.3, 0.4) is 0 Å². The van der Waals surface area contributed by atoms with Gasteiger partial charge in [-0.3, -0.25) is 0 Å². The molecule has 17 heavy (non-hydrogen) atoms. The minimum absolute atomic E-state index is 0.0948. The number of halogens is 1. The molecule has 0 aromatic heterocycles. The minimum atomic E-state index is -0.358. The second kappa shape index (κ2) is 5.98. The zero-order chi connectivity index (χ0) is 12.1. The van der Waals surface area contributed by atoms with Gasteiger partial charge in [-0.2, -0.15) is 0 Å². The lowest BCUT2D eigenvalue weighted by Gasteiger charge is -2.22. The highest BCUT2D eigenvalue weighted by molar-refractivity contribution is 5.29. The van der Waals surface area contributed by atoms with Crippen LogP contribution in [-0.4, -0.2) is 19.3 Å². The molecule has 4 heteroatoms. The fourth-order valence-corrected chi connectivity index (χ4v) is 1.91. The number of rotatable bonds is 4. The van der Waals surface area contributed by atoms with Gasteiger partial charge in [0.1, 0.15) is 6.61 Å². The largest absolute Gasteiger partial charge is 0.488 e. The molecule has 1 unspecified atom stereocenters. The van der Waals surface area contributed by atoms with Gasteiger partial charge in [-0.25, -0.2) is 4.39 Å². The molecule has 2 N–H and O–H groups in total. The second-order valence-electron chi connectivity index (χ2n) is 4.27. The number of nitrogens with two attached hydrogens (primary N) is 1. The first-order chi connectivity index (χ1) is 8.29. The number of ether oxygens (including phenoxy) is 2. The molecule has 0 radical (unpaired) electrons. The molecule has 1 aromatic rings. The number of hydrogen-bond acceptors (Lipinski definition) is 3. The number of hydrogen-bond donors (Lipinski definition) is 1. The quantitative estimate of drug-likeness (QED) is 0.876. The summed E-state index contributed by atoms with van der Waals surface area (Å²) in [6.07, 6.45) is 3.35. The monoisotopic (exact) mass is 239 g/mol. The van der Waals surface area contributed by atoms with Gasteiger partial charge in [0.2, 0.25) is 0 Å². The van der Waals surface area contributed by atoms with Crippen LogP contribution in [0.4, 0.5) is 4.39 Å². The molecule has 1 atom stereocenters. The van der Waals surface area contributed by atoms with E-state index >= 15 is 0 Å². The van der Waals surface area contributed by atoms with Crippen LogP contribution in [0.2, 0.25) is 0 Å². The molecular formula is C13H18FNO2. The van der Waals surface area contributed by atoms with Crippen molar-refractivity contribution in [1.29, 1.82) is 0 Å². The highest BCUT2D eigenvalue weighted by Gasteiger charge is 2.15. The standard InChI is InChI=1S/C13H18FNO2/c14-12-7-10(8-15)4-5-13(12)17-9-11-3-1-2-6-16-11/h4-5,7,11H,1-3,6,8-9,15H2. The summed E-state index contributed by atoms with van der Waals surface area (Å²) in [4.78, 5) is 0. The third-order valence-corrected chi connectivity index (χ3v) is 2.93. The van der Waals surface area contributed by atoms with E-state index in [2.05, 4.69) is 0 Å². The van der Waals surface area contributed by atoms with E-state index in [4.69, 9.17) is 15.2 Å². The van der Waals surface area contributed by atoms with Crippen molar-refractivity contribution < 1.29 is 13.9 Å². The maximum atomic E-state index is 13.6. The molecule has 1 aromatic carbocycles. The molecule has 1 saturated heterocycles. The Balaban J connectivity index is 1.89. The third-order valence-electron chi connectivity index (χ3n) is 2.93. The molecule has 0 amide bonds. The summed E-state index contributed by atoms with van der Waals surface area (Å²) in [5, 5.41) is 0.